The summed E-state index contributed by atoms with van der Waals surface area (Å²) >= 11 is 0. The number of rotatable bonds is 4. The molecule has 1 fully saturated rings. The second kappa shape index (κ2) is 6.07. The van der Waals surface area contributed by atoms with Crippen molar-refractivity contribution >= 4 is 17.7 Å². The lowest BCUT2D eigenvalue weighted by Crippen LogP contribution is -2.32. The number of nitrogens with one attached hydrogen (secondary N) is 1. The monoisotopic (exact) mass is 277 g/mol. The number of carbonyl (C=O) groups is 1. The highest BCUT2D eigenvalue weighted by Crippen LogP contribution is 2.26. The third-order valence-electron chi connectivity index (χ3n) is 3.72. The Morgan fingerprint density at radius 2 is 1.95 bits per heavy atom. The molecule has 110 valence electrons. The molecule has 1 aliphatic rings. The topological polar surface area (TPSA) is 84.1 Å². The highest BCUT2D eigenvalue weighted by Gasteiger charge is 2.24. The summed E-state index contributed by atoms with van der Waals surface area (Å²) in [6, 6.07) is 2.31. The fourth-order valence-corrected chi connectivity index (χ4v) is 2.56. The molecule has 0 bridgehead atoms. The summed E-state index contributed by atoms with van der Waals surface area (Å²) in [6.45, 7) is 1.96. The van der Waals surface area contributed by atoms with Gasteiger partial charge in [0.2, 0.25) is 11.9 Å². The molecule has 1 heterocycles. The number of anilines is 2. The average Bonchev–Trinajstić information content (AvgIpc) is 2.38. The van der Waals surface area contributed by atoms with E-state index in [9.17, 15) is 4.79 Å². The van der Waals surface area contributed by atoms with Crippen LogP contribution in [0.2, 0.25) is 0 Å². The average molecular weight is 277 g/mol. The largest absolute Gasteiger partial charge is 0.369 e. The van der Waals surface area contributed by atoms with Gasteiger partial charge in [-0.05, 0) is 32.6 Å². The second-order valence-corrected chi connectivity index (χ2v) is 5.68. The molecule has 1 aliphatic carbocycles. The van der Waals surface area contributed by atoms with Crippen molar-refractivity contribution in [3.05, 3.63) is 11.8 Å². The fraction of sp³-hybridized carbons (Fsp3) is 0.643. The first-order chi connectivity index (χ1) is 9.45. The molecule has 6 heteroatoms. The fourth-order valence-electron chi connectivity index (χ4n) is 2.56. The Balaban J connectivity index is 1.99. The van der Waals surface area contributed by atoms with Crippen molar-refractivity contribution in [3.63, 3.8) is 0 Å². The van der Waals surface area contributed by atoms with Gasteiger partial charge in [-0.25, -0.2) is 4.98 Å². The highest BCUT2D eigenvalue weighted by molar-refractivity contribution is 5.76. The first kappa shape index (κ1) is 14.6. The van der Waals surface area contributed by atoms with Crippen molar-refractivity contribution in [1.29, 1.82) is 0 Å². The van der Waals surface area contributed by atoms with E-state index in [4.69, 9.17) is 5.73 Å². The molecule has 3 N–H and O–H groups in total. The van der Waals surface area contributed by atoms with Crippen molar-refractivity contribution in [2.45, 2.75) is 38.6 Å². The van der Waals surface area contributed by atoms with Gasteiger partial charge in [0.05, 0.1) is 0 Å². The molecule has 0 spiro atoms. The molecule has 20 heavy (non-hydrogen) atoms. The van der Waals surface area contributed by atoms with Crippen molar-refractivity contribution in [2.75, 3.05) is 24.3 Å². The van der Waals surface area contributed by atoms with Crippen LogP contribution in [0.4, 0.5) is 11.8 Å². The summed E-state index contributed by atoms with van der Waals surface area (Å²) in [6.07, 6.45) is 3.62. The molecule has 2 rings (SSSR count). The zero-order chi connectivity index (χ0) is 14.7. The van der Waals surface area contributed by atoms with Gasteiger partial charge < -0.3 is 16.0 Å². The maximum Gasteiger partial charge on any atom is 0.226 e. The molecule has 1 aromatic rings. The first-order valence-electron chi connectivity index (χ1n) is 7.04. The molecule has 0 radical (unpaired) electrons. The van der Waals surface area contributed by atoms with Gasteiger partial charge in [0.25, 0.3) is 0 Å². The van der Waals surface area contributed by atoms with Crippen LogP contribution in [0.5, 0.6) is 0 Å². The lowest BCUT2D eigenvalue weighted by molar-refractivity contribution is -0.122. The Morgan fingerprint density at radius 3 is 2.50 bits per heavy atom. The molecule has 1 aromatic heterocycles. The number of nitrogens with two attached hydrogens (primary N) is 1. The lowest BCUT2D eigenvalue weighted by Gasteiger charge is -2.28. The van der Waals surface area contributed by atoms with Crippen LogP contribution < -0.4 is 16.0 Å². The smallest absolute Gasteiger partial charge is 0.226 e. The van der Waals surface area contributed by atoms with Crippen LogP contribution in [0.25, 0.3) is 0 Å². The van der Waals surface area contributed by atoms with E-state index in [-0.39, 0.29) is 11.8 Å². The number of amides is 1. The molecule has 0 aromatic carbocycles. The quantitative estimate of drug-likeness (QED) is 0.866. The third-order valence-corrected chi connectivity index (χ3v) is 3.72. The number of carbonyl (C=O) groups excluding carboxylic acids is 1. The molecule has 0 saturated heterocycles. The normalized spacial score (nSPS) is 22.4. The van der Waals surface area contributed by atoms with E-state index >= 15 is 0 Å². The molecule has 1 saturated carbocycles. The molecular formula is C14H23N5O. The number of hydrogen-bond donors (Lipinski definition) is 2. The minimum atomic E-state index is -0.170. The second-order valence-electron chi connectivity index (χ2n) is 5.68. The van der Waals surface area contributed by atoms with Gasteiger partial charge in [-0.2, -0.15) is 4.98 Å². The minimum Gasteiger partial charge on any atom is -0.369 e. The number of aryl methyl sites for hydroxylation is 1. The first-order valence-corrected chi connectivity index (χ1v) is 7.04. The van der Waals surface area contributed by atoms with Gasteiger partial charge in [0.15, 0.2) is 0 Å². The number of hydrogen-bond acceptors (Lipinski definition) is 5. The number of primary amides is 1. The van der Waals surface area contributed by atoms with Gasteiger partial charge >= 0.3 is 0 Å². The zero-order valence-electron chi connectivity index (χ0n) is 12.4. The van der Waals surface area contributed by atoms with Crippen LogP contribution in [-0.4, -0.2) is 36.0 Å². The molecule has 0 aliphatic heterocycles. The summed E-state index contributed by atoms with van der Waals surface area (Å²) in [7, 11) is 3.85. The van der Waals surface area contributed by atoms with E-state index in [0.717, 1.165) is 37.2 Å². The lowest BCUT2D eigenvalue weighted by atomic mass is 9.85. The van der Waals surface area contributed by atoms with Crippen molar-refractivity contribution in [2.24, 2.45) is 11.7 Å². The van der Waals surface area contributed by atoms with Crippen LogP contribution in [-0.2, 0) is 4.79 Å². The Labute approximate surface area is 119 Å². The van der Waals surface area contributed by atoms with Gasteiger partial charge in [-0.3, -0.25) is 4.79 Å². The molecule has 0 atom stereocenters. The molecule has 1 amide bonds. The van der Waals surface area contributed by atoms with Crippen LogP contribution in [0.3, 0.4) is 0 Å². The summed E-state index contributed by atoms with van der Waals surface area (Å²) in [5.41, 5.74) is 6.29. The van der Waals surface area contributed by atoms with E-state index in [1.165, 1.54) is 0 Å². The van der Waals surface area contributed by atoms with Gasteiger partial charge in [-0.15, -0.1) is 0 Å². The van der Waals surface area contributed by atoms with Crippen molar-refractivity contribution < 1.29 is 4.79 Å². The number of aromatic nitrogens is 2. The highest BCUT2D eigenvalue weighted by atomic mass is 16.1. The SMILES string of the molecule is Cc1cc(NC2CCC(C(N)=O)CC2)nc(N(C)C)n1. The van der Waals surface area contributed by atoms with E-state index in [0.29, 0.717) is 12.0 Å². The summed E-state index contributed by atoms with van der Waals surface area (Å²) in [4.78, 5) is 21.9. The summed E-state index contributed by atoms with van der Waals surface area (Å²) in [5.74, 6) is 1.43. The maximum atomic E-state index is 11.2. The zero-order valence-corrected chi connectivity index (χ0v) is 12.4. The standard InChI is InChI=1S/C14H23N5O/c1-9-8-12(18-14(16-9)19(2)3)17-11-6-4-10(5-7-11)13(15)20/h8,10-11H,4-7H2,1-3H3,(H2,15,20)(H,16,17,18). The number of nitrogens with zero attached hydrogens (tertiary/aromatic N) is 3. The minimum absolute atomic E-state index is 0.0394. The van der Waals surface area contributed by atoms with Crippen LogP contribution in [0.15, 0.2) is 6.07 Å². The third kappa shape index (κ3) is 3.59. The maximum absolute atomic E-state index is 11.2. The van der Waals surface area contributed by atoms with Gasteiger partial charge in [0.1, 0.15) is 5.82 Å². The van der Waals surface area contributed by atoms with Crippen LogP contribution in [0, 0.1) is 12.8 Å². The predicted octanol–water partition coefficient (Wildman–Crippen LogP) is 1.31. The van der Waals surface area contributed by atoms with Crippen LogP contribution in [0.1, 0.15) is 31.4 Å². The van der Waals surface area contributed by atoms with E-state index in [1.54, 1.807) is 0 Å². The molecular weight excluding hydrogens is 254 g/mol. The van der Waals surface area contributed by atoms with Crippen molar-refractivity contribution in [3.8, 4) is 0 Å². The predicted molar refractivity (Wildman–Crippen MR) is 79.7 cm³/mol. The summed E-state index contributed by atoms with van der Waals surface area (Å²) < 4.78 is 0. The van der Waals surface area contributed by atoms with E-state index < -0.39 is 0 Å². The van der Waals surface area contributed by atoms with E-state index in [2.05, 4.69) is 15.3 Å². The molecule has 0 unspecified atom stereocenters. The van der Waals surface area contributed by atoms with Crippen molar-refractivity contribution in [1.82, 2.24) is 9.97 Å². The molecule has 6 nitrogen and oxygen atoms in total. The van der Waals surface area contributed by atoms with Crippen LogP contribution >= 0.6 is 0 Å². The summed E-state index contributed by atoms with van der Waals surface area (Å²) in [5, 5.41) is 3.45. The van der Waals surface area contributed by atoms with Gasteiger partial charge in [-0.1, -0.05) is 0 Å². The Morgan fingerprint density at radius 1 is 1.30 bits per heavy atom. The Kier molecular flexibility index (Phi) is 4.42. The van der Waals surface area contributed by atoms with E-state index in [1.807, 2.05) is 32.0 Å². The van der Waals surface area contributed by atoms with Gasteiger partial charge in [0, 0.05) is 37.8 Å². The Hall–Kier alpha value is -1.85. The Bertz CT molecular complexity index is 480.